The predicted molar refractivity (Wildman–Crippen MR) is 61.2 cm³/mol. The third kappa shape index (κ3) is 4.13. The van der Waals surface area contributed by atoms with Gasteiger partial charge in [0.2, 0.25) is 0 Å². The average Bonchev–Trinajstić information content (AvgIpc) is 2.25. The average molecular weight is 249 g/mol. The molecular formula is C12H21F2NO2. The first-order chi connectivity index (χ1) is 7.62. The summed E-state index contributed by atoms with van der Waals surface area (Å²) in [6.07, 6.45) is -0.470. The largest absolute Gasteiger partial charge is 0.444 e. The molecular weight excluding hydrogens is 228 g/mol. The fourth-order valence-corrected chi connectivity index (χ4v) is 1.71. The minimum absolute atomic E-state index is 0.0618. The summed E-state index contributed by atoms with van der Waals surface area (Å²) in [5.74, 6) is -3.37. The van der Waals surface area contributed by atoms with Crippen molar-refractivity contribution in [3.05, 3.63) is 0 Å². The molecule has 0 N–H and O–H groups in total. The number of hydrogen-bond acceptors (Lipinski definition) is 2. The summed E-state index contributed by atoms with van der Waals surface area (Å²) in [5, 5.41) is 0. The van der Waals surface area contributed by atoms with Crippen molar-refractivity contribution >= 4 is 6.09 Å². The third-order valence-corrected chi connectivity index (χ3v) is 2.92. The summed E-state index contributed by atoms with van der Waals surface area (Å²) in [4.78, 5) is 13.1. The maximum atomic E-state index is 13.5. The standard InChI is InChI=1S/C12H21F2NO2/c1-9-5-7-15(8-6-12(9,13)14)10(16)17-11(2,3)4/h9H,5-8H2,1-4H3. The molecule has 0 aromatic heterocycles. The molecule has 0 saturated carbocycles. The first-order valence-corrected chi connectivity index (χ1v) is 5.97. The van der Waals surface area contributed by atoms with Crippen LogP contribution < -0.4 is 0 Å². The van der Waals surface area contributed by atoms with Crippen molar-refractivity contribution in [3.8, 4) is 0 Å². The first-order valence-electron chi connectivity index (χ1n) is 5.97. The molecule has 0 radical (unpaired) electrons. The number of ether oxygens (including phenoxy) is 1. The van der Waals surface area contributed by atoms with Gasteiger partial charge in [-0.05, 0) is 27.2 Å². The van der Waals surface area contributed by atoms with Gasteiger partial charge in [-0.25, -0.2) is 13.6 Å². The molecule has 1 saturated heterocycles. The SMILES string of the molecule is CC1CCN(C(=O)OC(C)(C)C)CCC1(F)F. The number of rotatable bonds is 0. The zero-order chi connectivity index (χ0) is 13.3. The lowest BCUT2D eigenvalue weighted by Crippen LogP contribution is -2.37. The van der Waals surface area contributed by atoms with E-state index in [0.29, 0.717) is 13.0 Å². The van der Waals surface area contributed by atoms with Crippen LogP contribution in [0.3, 0.4) is 0 Å². The highest BCUT2D eigenvalue weighted by Gasteiger charge is 2.40. The van der Waals surface area contributed by atoms with Gasteiger partial charge in [0.15, 0.2) is 0 Å². The van der Waals surface area contributed by atoms with E-state index in [2.05, 4.69) is 0 Å². The van der Waals surface area contributed by atoms with Crippen LogP contribution >= 0.6 is 0 Å². The Hall–Kier alpha value is -0.870. The van der Waals surface area contributed by atoms with Crippen molar-refractivity contribution in [1.29, 1.82) is 0 Å². The fraction of sp³-hybridized carbons (Fsp3) is 0.917. The first kappa shape index (κ1) is 14.2. The smallest absolute Gasteiger partial charge is 0.410 e. The van der Waals surface area contributed by atoms with Gasteiger partial charge in [-0.1, -0.05) is 6.92 Å². The maximum absolute atomic E-state index is 13.5. The van der Waals surface area contributed by atoms with E-state index in [1.807, 2.05) is 0 Å². The Morgan fingerprint density at radius 2 is 1.94 bits per heavy atom. The number of nitrogens with zero attached hydrogens (tertiary/aromatic N) is 1. The van der Waals surface area contributed by atoms with Gasteiger partial charge in [-0.2, -0.15) is 0 Å². The number of carbonyl (C=O) groups excluding carboxylic acids is 1. The van der Waals surface area contributed by atoms with Crippen LogP contribution in [0.1, 0.15) is 40.5 Å². The Morgan fingerprint density at radius 1 is 1.35 bits per heavy atom. The molecule has 0 aromatic carbocycles. The number of likely N-dealkylation sites (tertiary alicyclic amines) is 1. The van der Waals surface area contributed by atoms with E-state index in [0.717, 1.165) is 0 Å². The lowest BCUT2D eigenvalue weighted by Gasteiger charge is -2.26. The molecule has 1 unspecified atom stereocenters. The molecule has 1 heterocycles. The quantitative estimate of drug-likeness (QED) is 0.659. The van der Waals surface area contributed by atoms with Gasteiger partial charge < -0.3 is 9.64 Å². The third-order valence-electron chi connectivity index (χ3n) is 2.92. The number of amides is 1. The second-order valence-corrected chi connectivity index (χ2v) is 5.67. The topological polar surface area (TPSA) is 29.5 Å². The zero-order valence-electron chi connectivity index (χ0n) is 10.9. The Bertz CT molecular complexity index is 287. The fourth-order valence-electron chi connectivity index (χ4n) is 1.71. The van der Waals surface area contributed by atoms with Gasteiger partial charge in [-0.3, -0.25) is 0 Å². The molecule has 17 heavy (non-hydrogen) atoms. The van der Waals surface area contributed by atoms with E-state index in [9.17, 15) is 13.6 Å². The molecule has 5 heteroatoms. The Kier molecular flexibility index (Phi) is 3.99. The normalized spacial score (nSPS) is 25.3. The van der Waals surface area contributed by atoms with Gasteiger partial charge in [0.05, 0.1) is 0 Å². The lowest BCUT2D eigenvalue weighted by molar-refractivity contribution is -0.0546. The second-order valence-electron chi connectivity index (χ2n) is 5.67. The summed E-state index contributed by atoms with van der Waals surface area (Å²) < 4.78 is 32.1. The van der Waals surface area contributed by atoms with Crippen molar-refractivity contribution in [2.45, 2.75) is 52.1 Å². The maximum Gasteiger partial charge on any atom is 0.410 e. The summed E-state index contributed by atoms with van der Waals surface area (Å²) >= 11 is 0. The molecule has 1 fully saturated rings. The predicted octanol–water partition coefficient (Wildman–Crippen LogP) is 3.29. The molecule has 1 atom stereocenters. The van der Waals surface area contributed by atoms with Crippen LogP contribution in [0, 0.1) is 5.92 Å². The summed E-state index contributed by atoms with van der Waals surface area (Å²) in [7, 11) is 0. The Labute approximate surface area is 101 Å². The number of hydrogen-bond donors (Lipinski definition) is 0. The monoisotopic (exact) mass is 249 g/mol. The molecule has 1 rings (SSSR count). The molecule has 0 aliphatic carbocycles. The summed E-state index contributed by atoms with van der Waals surface area (Å²) in [5.41, 5.74) is -0.586. The molecule has 0 aromatic rings. The highest BCUT2D eigenvalue weighted by atomic mass is 19.3. The van der Waals surface area contributed by atoms with Gasteiger partial charge in [0.25, 0.3) is 5.92 Å². The van der Waals surface area contributed by atoms with Crippen LogP contribution in [0.25, 0.3) is 0 Å². The van der Waals surface area contributed by atoms with Crippen LogP contribution in [0.5, 0.6) is 0 Å². The Morgan fingerprint density at radius 3 is 2.47 bits per heavy atom. The minimum atomic E-state index is -2.68. The molecule has 1 amide bonds. The summed E-state index contributed by atoms with van der Waals surface area (Å²) in [6, 6.07) is 0. The molecule has 3 nitrogen and oxygen atoms in total. The molecule has 1 aliphatic heterocycles. The van der Waals surface area contributed by atoms with E-state index in [4.69, 9.17) is 4.74 Å². The van der Waals surface area contributed by atoms with Crippen LogP contribution in [0.15, 0.2) is 0 Å². The van der Waals surface area contributed by atoms with E-state index in [1.165, 1.54) is 11.8 Å². The van der Waals surface area contributed by atoms with Crippen LogP contribution in [-0.2, 0) is 4.74 Å². The highest BCUT2D eigenvalue weighted by molar-refractivity contribution is 5.68. The second kappa shape index (κ2) is 4.78. The van der Waals surface area contributed by atoms with E-state index in [-0.39, 0.29) is 13.0 Å². The van der Waals surface area contributed by atoms with Gasteiger partial charge >= 0.3 is 6.09 Å². The zero-order valence-corrected chi connectivity index (χ0v) is 10.9. The van der Waals surface area contributed by atoms with Crippen LogP contribution in [0.2, 0.25) is 0 Å². The van der Waals surface area contributed by atoms with Gasteiger partial charge in [0.1, 0.15) is 5.60 Å². The van der Waals surface area contributed by atoms with Crippen LogP contribution in [0.4, 0.5) is 13.6 Å². The summed E-state index contributed by atoms with van der Waals surface area (Å²) in [6.45, 7) is 7.22. The van der Waals surface area contributed by atoms with Crippen molar-refractivity contribution in [1.82, 2.24) is 4.90 Å². The number of alkyl halides is 2. The van der Waals surface area contributed by atoms with E-state index >= 15 is 0 Å². The van der Waals surface area contributed by atoms with Crippen LogP contribution in [-0.4, -0.2) is 35.6 Å². The number of halogens is 2. The molecule has 0 bridgehead atoms. The molecule has 1 aliphatic rings. The highest BCUT2D eigenvalue weighted by Crippen LogP contribution is 2.33. The van der Waals surface area contributed by atoms with Gasteiger partial charge in [-0.15, -0.1) is 0 Å². The number of carbonyl (C=O) groups is 1. The lowest BCUT2D eigenvalue weighted by atomic mass is 9.99. The molecule has 100 valence electrons. The molecule has 0 spiro atoms. The van der Waals surface area contributed by atoms with Crippen molar-refractivity contribution in [2.24, 2.45) is 5.92 Å². The van der Waals surface area contributed by atoms with E-state index < -0.39 is 23.5 Å². The van der Waals surface area contributed by atoms with Gasteiger partial charge in [0, 0.05) is 25.4 Å². The minimum Gasteiger partial charge on any atom is -0.444 e. The van der Waals surface area contributed by atoms with Crippen molar-refractivity contribution in [2.75, 3.05) is 13.1 Å². The van der Waals surface area contributed by atoms with Crippen molar-refractivity contribution in [3.63, 3.8) is 0 Å². The van der Waals surface area contributed by atoms with Crippen molar-refractivity contribution < 1.29 is 18.3 Å². The van der Waals surface area contributed by atoms with E-state index in [1.54, 1.807) is 20.8 Å². The Balaban J connectivity index is 2.60.